The molecule has 3 aromatic rings. The Morgan fingerprint density at radius 3 is 2.32 bits per heavy atom. The quantitative estimate of drug-likeness (QED) is 0.383. The molecule has 10 heteroatoms. The van der Waals surface area contributed by atoms with Crippen LogP contribution in [0, 0.1) is 20.8 Å². The lowest BCUT2D eigenvalue weighted by atomic mass is 10.1. The molecule has 3 heterocycles. The molecule has 0 saturated carbocycles. The lowest BCUT2D eigenvalue weighted by molar-refractivity contribution is -0.127. The Bertz CT molecular complexity index is 1410. The number of aromatic nitrogens is 1. The van der Waals surface area contributed by atoms with Gasteiger partial charge in [-0.3, -0.25) is 14.4 Å². The first kappa shape index (κ1) is 28.2. The van der Waals surface area contributed by atoms with Crippen molar-refractivity contribution in [1.29, 1.82) is 0 Å². The molecular weight excluding hydrogens is 520 g/mol. The Morgan fingerprint density at radius 2 is 1.66 bits per heavy atom. The lowest BCUT2D eigenvalue weighted by Gasteiger charge is -2.38. The van der Waals surface area contributed by atoms with Gasteiger partial charge in [0.05, 0.1) is 17.1 Å². The van der Waals surface area contributed by atoms with Gasteiger partial charge in [-0.05, 0) is 63.4 Å². The molecule has 2 N–H and O–H groups in total. The van der Waals surface area contributed by atoms with Crippen LogP contribution in [0.4, 0.5) is 17.1 Å². The number of rotatable bonds is 9. The van der Waals surface area contributed by atoms with E-state index in [-0.39, 0.29) is 17.7 Å². The van der Waals surface area contributed by atoms with E-state index in [2.05, 4.69) is 56.8 Å². The average Bonchev–Trinajstić information content (AvgIpc) is 3.54. The summed E-state index contributed by atoms with van der Waals surface area (Å²) in [5.74, 6) is 0.0829. The van der Waals surface area contributed by atoms with Gasteiger partial charge >= 0.3 is 0 Å². The topological polar surface area (TPSA) is 111 Å². The first-order valence-corrected chi connectivity index (χ1v) is 14.3. The number of carbonyl (C=O) groups excluding carboxylic acids is 3. The van der Waals surface area contributed by atoms with E-state index < -0.39 is 0 Å². The SMILES string of the molecule is Cc1ccccc1N1CCN(c2ccc(C(=O)NCCCN3CCCC3=O)cc2NC(=O)c2c(C)noc2C)CC1. The number of carbonyl (C=O) groups is 3. The third kappa shape index (κ3) is 6.37. The number of likely N-dealkylation sites (tertiary alicyclic amines) is 1. The van der Waals surface area contributed by atoms with Crippen molar-refractivity contribution in [3.63, 3.8) is 0 Å². The van der Waals surface area contributed by atoms with Gasteiger partial charge in [0, 0.05) is 63.5 Å². The number of benzene rings is 2. The third-order valence-electron chi connectivity index (χ3n) is 7.91. The maximum absolute atomic E-state index is 13.3. The molecule has 2 aliphatic heterocycles. The Hall–Kier alpha value is -4.34. The molecule has 3 amide bonds. The highest BCUT2D eigenvalue weighted by atomic mass is 16.5. The molecule has 0 unspecified atom stereocenters. The van der Waals surface area contributed by atoms with E-state index >= 15 is 0 Å². The molecule has 0 aliphatic carbocycles. The molecule has 2 saturated heterocycles. The fourth-order valence-corrected chi connectivity index (χ4v) is 5.67. The number of para-hydroxylation sites is 1. The summed E-state index contributed by atoms with van der Waals surface area (Å²) in [5, 5.41) is 9.90. The van der Waals surface area contributed by atoms with Crippen LogP contribution in [0.3, 0.4) is 0 Å². The molecule has 0 radical (unpaired) electrons. The van der Waals surface area contributed by atoms with E-state index in [1.807, 2.05) is 11.0 Å². The number of anilines is 3. The highest BCUT2D eigenvalue weighted by Crippen LogP contribution is 2.31. The van der Waals surface area contributed by atoms with E-state index in [0.717, 1.165) is 44.8 Å². The minimum absolute atomic E-state index is 0.185. The van der Waals surface area contributed by atoms with Gasteiger partial charge in [0.15, 0.2) is 0 Å². The molecular formula is C31H38N6O4. The number of hydrogen-bond donors (Lipinski definition) is 2. The fourth-order valence-electron chi connectivity index (χ4n) is 5.67. The van der Waals surface area contributed by atoms with E-state index in [1.54, 1.807) is 26.0 Å². The normalized spacial score (nSPS) is 15.4. The number of nitrogens with zero attached hydrogens (tertiary/aromatic N) is 4. The molecule has 0 atom stereocenters. The van der Waals surface area contributed by atoms with Crippen LogP contribution in [0.25, 0.3) is 0 Å². The van der Waals surface area contributed by atoms with Crippen molar-refractivity contribution in [2.45, 2.75) is 40.0 Å². The highest BCUT2D eigenvalue weighted by molar-refractivity contribution is 6.08. The summed E-state index contributed by atoms with van der Waals surface area (Å²) in [7, 11) is 0. The Balaban J connectivity index is 1.30. The third-order valence-corrected chi connectivity index (χ3v) is 7.91. The van der Waals surface area contributed by atoms with Crippen LogP contribution in [-0.4, -0.2) is 73.6 Å². The molecule has 216 valence electrons. The van der Waals surface area contributed by atoms with Crippen LogP contribution in [0.5, 0.6) is 0 Å². The predicted octanol–water partition coefficient (Wildman–Crippen LogP) is 3.92. The first-order valence-electron chi connectivity index (χ1n) is 14.3. The minimum atomic E-state index is -0.325. The van der Waals surface area contributed by atoms with E-state index in [1.165, 1.54) is 11.3 Å². The second kappa shape index (κ2) is 12.4. The van der Waals surface area contributed by atoms with Crippen LogP contribution in [0.2, 0.25) is 0 Å². The van der Waals surface area contributed by atoms with Gasteiger partial charge in [-0.1, -0.05) is 23.4 Å². The molecule has 2 aromatic carbocycles. The van der Waals surface area contributed by atoms with Crippen molar-refractivity contribution in [2.75, 3.05) is 60.9 Å². The van der Waals surface area contributed by atoms with Gasteiger partial charge in [-0.2, -0.15) is 0 Å². The maximum atomic E-state index is 13.3. The number of nitrogens with one attached hydrogen (secondary N) is 2. The summed E-state index contributed by atoms with van der Waals surface area (Å²) in [5.41, 5.74) is 5.27. The summed E-state index contributed by atoms with van der Waals surface area (Å²) < 4.78 is 5.21. The molecule has 5 rings (SSSR count). The van der Waals surface area contributed by atoms with Gasteiger partial charge in [0.1, 0.15) is 11.3 Å². The van der Waals surface area contributed by atoms with Crippen molar-refractivity contribution in [2.24, 2.45) is 0 Å². The molecule has 10 nitrogen and oxygen atoms in total. The number of aryl methyl sites for hydroxylation is 3. The van der Waals surface area contributed by atoms with Crippen molar-refractivity contribution in [3.8, 4) is 0 Å². The number of piperazine rings is 1. The van der Waals surface area contributed by atoms with Crippen LogP contribution >= 0.6 is 0 Å². The van der Waals surface area contributed by atoms with Crippen molar-refractivity contribution < 1.29 is 18.9 Å². The van der Waals surface area contributed by atoms with Crippen molar-refractivity contribution >= 4 is 34.8 Å². The van der Waals surface area contributed by atoms with Gasteiger partial charge in [-0.25, -0.2) is 0 Å². The molecule has 2 aliphatic rings. The lowest BCUT2D eigenvalue weighted by Crippen LogP contribution is -2.47. The minimum Gasteiger partial charge on any atom is -0.368 e. The van der Waals surface area contributed by atoms with Crippen LogP contribution < -0.4 is 20.4 Å². The summed E-state index contributed by atoms with van der Waals surface area (Å²) in [6.45, 7) is 10.7. The second-order valence-corrected chi connectivity index (χ2v) is 10.7. The van der Waals surface area contributed by atoms with E-state index in [0.29, 0.717) is 54.2 Å². The second-order valence-electron chi connectivity index (χ2n) is 10.7. The fraction of sp³-hybridized carbons (Fsp3) is 0.419. The molecule has 2 fully saturated rings. The maximum Gasteiger partial charge on any atom is 0.261 e. The summed E-state index contributed by atoms with van der Waals surface area (Å²) in [4.78, 5) is 44.7. The average molecular weight is 559 g/mol. The summed E-state index contributed by atoms with van der Waals surface area (Å²) in [6.07, 6.45) is 2.21. The van der Waals surface area contributed by atoms with Crippen LogP contribution in [0.1, 0.15) is 57.0 Å². The van der Waals surface area contributed by atoms with Gasteiger partial charge < -0.3 is 29.9 Å². The molecule has 41 heavy (non-hydrogen) atoms. The van der Waals surface area contributed by atoms with Crippen LogP contribution in [-0.2, 0) is 4.79 Å². The molecule has 1 aromatic heterocycles. The van der Waals surface area contributed by atoms with Crippen molar-refractivity contribution in [1.82, 2.24) is 15.4 Å². The zero-order chi connectivity index (χ0) is 28.9. The van der Waals surface area contributed by atoms with E-state index in [9.17, 15) is 14.4 Å². The zero-order valence-electron chi connectivity index (χ0n) is 24.0. The highest BCUT2D eigenvalue weighted by Gasteiger charge is 2.24. The summed E-state index contributed by atoms with van der Waals surface area (Å²) in [6, 6.07) is 13.8. The standard InChI is InChI=1S/C31H38N6O4/c1-21-8-4-5-9-26(21)35-16-18-36(19-17-35)27-12-11-24(30(39)32-13-7-15-37-14-6-10-28(37)38)20-25(27)33-31(40)29-22(2)34-41-23(29)3/h4-5,8-9,11-12,20H,6-7,10,13-19H2,1-3H3,(H,32,39)(H,33,40). The Morgan fingerprint density at radius 1 is 0.927 bits per heavy atom. The van der Waals surface area contributed by atoms with E-state index in [4.69, 9.17) is 4.52 Å². The van der Waals surface area contributed by atoms with Gasteiger partial charge in [0.25, 0.3) is 11.8 Å². The first-order chi connectivity index (χ1) is 19.8. The zero-order valence-corrected chi connectivity index (χ0v) is 24.0. The van der Waals surface area contributed by atoms with Gasteiger partial charge in [-0.15, -0.1) is 0 Å². The molecule has 0 spiro atoms. The van der Waals surface area contributed by atoms with Gasteiger partial charge in [0.2, 0.25) is 5.91 Å². The number of hydrogen-bond acceptors (Lipinski definition) is 7. The molecule has 0 bridgehead atoms. The number of amides is 3. The van der Waals surface area contributed by atoms with Crippen molar-refractivity contribution in [3.05, 3.63) is 70.6 Å². The predicted molar refractivity (Wildman–Crippen MR) is 159 cm³/mol. The smallest absolute Gasteiger partial charge is 0.261 e. The van der Waals surface area contributed by atoms with Crippen LogP contribution in [0.15, 0.2) is 47.0 Å². The Labute approximate surface area is 240 Å². The largest absolute Gasteiger partial charge is 0.368 e. The monoisotopic (exact) mass is 558 g/mol. The Kier molecular flexibility index (Phi) is 8.56. The summed E-state index contributed by atoms with van der Waals surface area (Å²) >= 11 is 0.